The third-order valence-electron chi connectivity index (χ3n) is 3.72. The van der Waals surface area contributed by atoms with Gasteiger partial charge in [0.1, 0.15) is 5.82 Å². The van der Waals surface area contributed by atoms with Gasteiger partial charge in [0.25, 0.3) is 5.91 Å². The van der Waals surface area contributed by atoms with Crippen LogP contribution in [-0.4, -0.2) is 49.2 Å². The van der Waals surface area contributed by atoms with Crippen molar-refractivity contribution < 1.29 is 13.9 Å². The number of nitrogens with one attached hydrogen (secondary N) is 1. The number of amides is 1. The summed E-state index contributed by atoms with van der Waals surface area (Å²) in [4.78, 5) is 14.3. The molecule has 2 rings (SSSR count). The first-order valence-corrected chi connectivity index (χ1v) is 7.43. The molecule has 1 aliphatic heterocycles. The van der Waals surface area contributed by atoms with Crippen molar-refractivity contribution >= 4 is 17.5 Å². The molecular formula is C15H20ClFN2O2. The van der Waals surface area contributed by atoms with Crippen LogP contribution in [0.1, 0.15) is 24.2 Å². The van der Waals surface area contributed by atoms with Gasteiger partial charge in [-0.2, -0.15) is 0 Å². The first kappa shape index (κ1) is 16.2. The Hall–Kier alpha value is -1.17. The Kier molecular flexibility index (Phi) is 5.56. The average Bonchev–Trinajstić information content (AvgIpc) is 2.45. The van der Waals surface area contributed by atoms with Gasteiger partial charge in [0, 0.05) is 30.2 Å². The quantitative estimate of drug-likeness (QED) is 0.927. The lowest BCUT2D eigenvalue weighted by Crippen LogP contribution is -2.51. The van der Waals surface area contributed by atoms with Gasteiger partial charge in [-0.15, -0.1) is 0 Å². The van der Waals surface area contributed by atoms with Crippen molar-refractivity contribution in [1.82, 2.24) is 10.2 Å². The molecule has 1 fully saturated rings. The van der Waals surface area contributed by atoms with Crippen molar-refractivity contribution in [1.29, 1.82) is 0 Å². The van der Waals surface area contributed by atoms with Crippen LogP contribution in [0.2, 0.25) is 5.02 Å². The molecule has 1 amide bonds. The van der Waals surface area contributed by atoms with Crippen LogP contribution in [0.3, 0.4) is 0 Å². The van der Waals surface area contributed by atoms with E-state index in [9.17, 15) is 9.18 Å². The second-order valence-corrected chi connectivity index (χ2v) is 5.78. The third-order valence-corrected chi connectivity index (χ3v) is 3.95. The highest BCUT2D eigenvalue weighted by Crippen LogP contribution is 2.15. The monoisotopic (exact) mass is 314 g/mol. The summed E-state index contributed by atoms with van der Waals surface area (Å²) in [6.45, 7) is 6.84. The Labute approximate surface area is 129 Å². The highest BCUT2D eigenvalue weighted by molar-refractivity contribution is 6.30. The number of hydrogen-bond donors (Lipinski definition) is 1. The second kappa shape index (κ2) is 7.20. The number of carbonyl (C=O) groups is 1. The van der Waals surface area contributed by atoms with E-state index in [1.807, 2.05) is 6.92 Å². The lowest BCUT2D eigenvalue weighted by molar-refractivity contribution is -0.0178. The summed E-state index contributed by atoms with van der Waals surface area (Å²) >= 11 is 5.68. The van der Waals surface area contributed by atoms with Crippen LogP contribution in [0.5, 0.6) is 0 Å². The molecule has 0 radical (unpaired) electrons. The van der Waals surface area contributed by atoms with Crippen molar-refractivity contribution in [2.75, 3.05) is 26.3 Å². The fourth-order valence-corrected chi connectivity index (χ4v) is 2.68. The Bertz CT molecular complexity index is 512. The molecule has 0 unspecified atom stereocenters. The lowest BCUT2D eigenvalue weighted by atomic mass is 10.1. The minimum Gasteiger partial charge on any atom is -0.379 e. The van der Waals surface area contributed by atoms with E-state index >= 15 is 0 Å². The lowest BCUT2D eigenvalue weighted by Gasteiger charge is -2.37. The Morgan fingerprint density at radius 2 is 2.38 bits per heavy atom. The normalized spacial score (nSPS) is 21.0. The number of carbonyl (C=O) groups excluding carboxylic acids is 1. The molecule has 0 saturated carbocycles. The van der Waals surface area contributed by atoms with Crippen molar-refractivity contribution in [3.8, 4) is 0 Å². The van der Waals surface area contributed by atoms with Gasteiger partial charge in [0.2, 0.25) is 0 Å². The highest BCUT2D eigenvalue weighted by Gasteiger charge is 2.24. The van der Waals surface area contributed by atoms with E-state index in [1.54, 1.807) is 0 Å². The van der Waals surface area contributed by atoms with E-state index in [2.05, 4.69) is 17.1 Å². The van der Waals surface area contributed by atoms with Gasteiger partial charge in [-0.25, -0.2) is 4.39 Å². The fourth-order valence-electron chi connectivity index (χ4n) is 2.52. The maximum absolute atomic E-state index is 13.7. The molecule has 0 spiro atoms. The molecule has 6 heteroatoms. The number of halogens is 2. The molecule has 1 aromatic carbocycles. The number of rotatable bonds is 4. The molecule has 21 heavy (non-hydrogen) atoms. The summed E-state index contributed by atoms with van der Waals surface area (Å²) in [7, 11) is 0. The summed E-state index contributed by atoms with van der Waals surface area (Å²) in [5.41, 5.74) is 0.0154. The van der Waals surface area contributed by atoms with Gasteiger partial charge >= 0.3 is 0 Å². The molecule has 4 nitrogen and oxygen atoms in total. The zero-order valence-corrected chi connectivity index (χ0v) is 13.0. The molecule has 1 aliphatic rings. The Morgan fingerprint density at radius 1 is 1.62 bits per heavy atom. The molecule has 0 aromatic heterocycles. The highest BCUT2D eigenvalue weighted by atomic mass is 35.5. The number of nitrogens with zero attached hydrogens (tertiary/aromatic N) is 1. The van der Waals surface area contributed by atoms with Crippen LogP contribution in [-0.2, 0) is 4.74 Å². The van der Waals surface area contributed by atoms with Crippen LogP contribution in [0.25, 0.3) is 0 Å². The fraction of sp³-hybridized carbons (Fsp3) is 0.533. The van der Waals surface area contributed by atoms with Crippen LogP contribution in [0.15, 0.2) is 18.2 Å². The summed E-state index contributed by atoms with van der Waals surface area (Å²) in [5.74, 6) is -1.02. The van der Waals surface area contributed by atoms with Crippen LogP contribution < -0.4 is 5.32 Å². The topological polar surface area (TPSA) is 41.6 Å². The molecule has 1 saturated heterocycles. The molecule has 1 N–H and O–H groups in total. The summed E-state index contributed by atoms with van der Waals surface area (Å²) in [6, 6.07) is 4.53. The van der Waals surface area contributed by atoms with Crippen LogP contribution >= 0.6 is 11.6 Å². The largest absolute Gasteiger partial charge is 0.379 e. The van der Waals surface area contributed by atoms with Crippen molar-refractivity contribution in [2.45, 2.75) is 25.9 Å². The van der Waals surface area contributed by atoms with Crippen molar-refractivity contribution in [3.63, 3.8) is 0 Å². The molecular weight excluding hydrogens is 295 g/mol. The van der Waals surface area contributed by atoms with E-state index in [-0.39, 0.29) is 16.6 Å². The van der Waals surface area contributed by atoms with Gasteiger partial charge in [0.15, 0.2) is 0 Å². The van der Waals surface area contributed by atoms with Crippen molar-refractivity contribution in [2.24, 2.45) is 0 Å². The Morgan fingerprint density at radius 3 is 3.05 bits per heavy atom. The number of ether oxygens (including phenoxy) is 1. The zero-order chi connectivity index (χ0) is 15.4. The van der Waals surface area contributed by atoms with E-state index < -0.39 is 11.7 Å². The molecule has 0 bridgehead atoms. The van der Waals surface area contributed by atoms with Crippen LogP contribution in [0, 0.1) is 5.82 Å². The molecule has 1 aromatic rings. The van der Waals surface area contributed by atoms with Gasteiger partial charge in [-0.1, -0.05) is 11.6 Å². The Balaban J connectivity index is 1.91. The molecule has 116 valence electrons. The number of benzene rings is 1. The number of hydrogen-bond acceptors (Lipinski definition) is 3. The first-order valence-electron chi connectivity index (χ1n) is 7.05. The third kappa shape index (κ3) is 4.15. The number of morpholine rings is 1. The van der Waals surface area contributed by atoms with Crippen LogP contribution in [0.4, 0.5) is 4.39 Å². The van der Waals surface area contributed by atoms with Gasteiger partial charge in [-0.3, -0.25) is 9.69 Å². The van der Waals surface area contributed by atoms with Gasteiger partial charge in [0.05, 0.1) is 18.8 Å². The molecule has 1 heterocycles. The maximum Gasteiger partial charge on any atom is 0.254 e. The minimum absolute atomic E-state index is 0.0154. The smallest absolute Gasteiger partial charge is 0.254 e. The first-order chi connectivity index (χ1) is 9.99. The van der Waals surface area contributed by atoms with Gasteiger partial charge in [-0.05, 0) is 32.0 Å². The summed E-state index contributed by atoms with van der Waals surface area (Å²) in [5, 5.41) is 3.05. The second-order valence-electron chi connectivity index (χ2n) is 5.34. The molecule has 0 aliphatic carbocycles. The maximum atomic E-state index is 13.7. The SMILES string of the molecule is C[C@H](CNC(=O)c1ccc(Cl)cc1F)N1CCOC[C@@H]1C. The van der Waals surface area contributed by atoms with E-state index in [0.29, 0.717) is 25.8 Å². The predicted octanol–water partition coefficient (Wildman–Crippen LogP) is 2.32. The average molecular weight is 315 g/mol. The summed E-state index contributed by atoms with van der Waals surface area (Å²) in [6.07, 6.45) is 0. The van der Waals surface area contributed by atoms with E-state index in [0.717, 1.165) is 12.6 Å². The summed E-state index contributed by atoms with van der Waals surface area (Å²) < 4.78 is 19.1. The minimum atomic E-state index is -0.604. The molecule has 2 atom stereocenters. The zero-order valence-electron chi connectivity index (χ0n) is 12.2. The van der Waals surface area contributed by atoms with Gasteiger partial charge < -0.3 is 10.1 Å². The predicted molar refractivity (Wildman–Crippen MR) is 80.2 cm³/mol. The van der Waals surface area contributed by atoms with E-state index in [4.69, 9.17) is 16.3 Å². The standard InChI is InChI=1S/C15H20ClFN2O2/c1-10(19-5-6-21-9-11(19)2)8-18-15(20)13-4-3-12(16)7-14(13)17/h3-4,7,10-11H,5-6,8-9H2,1-2H3,(H,18,20)/t10-,11+/m1/s1. The van der Waals surface area contributed by atoms with Crippen molar-refractivity contribution in [3.05, 3.63) is 34.6 Å². The van der Waals surface area contributed by atoms with E-state index in [1.165, 1.54) is 12.1 Å².